The molecule has 3 aromatic rings. The first-order chi connectivity index (χ1) is 13.5. The quantitative estimate of drug-likeness (QED) is 0.571. The molecule has 0 fully saturated rings. The van der Waals surface area contributed by atoms with E-state index in [0.29, 0.717) is 24.2 Å². The summed E-state index contributed by atoms with van der Waals surface area (Å²) >= 11 is 0. The summed E-state index contributed by atoms with van der Waals surface area (Å²) < 4.78 is 32.8. The molecule has 0 saturated heterocycles. The third kappa shape index (κ3) is 3.57. The first-order valence-electron chi connectivity index (χ1n) is 9.26. The molecule has 2 heterocycles. The van der Waals surface area contributed by atoms with Crippen LogP contribution < -0.4 is 15.8 Å². The highest BCUT2D eigenvalue weighted by atomic mass is 19.1. The Morgan fingerprint density at radius 3 is 2.96 bits per heavy atom. The van der Waals surface area contributed by atoms with Gasteiger partial charge < -0.3 is 20.8 Å². The number of carbonyl (C=O) groups is 1. The van der Waals surface area contributed by atoms with Crippen LogP contribution in [0.3, 0.4) is 0 Å². The first kappa shape index (κ1) is 18.4. The van der Waals surface area contributed by atoms with Gasteiger partial charge in [-0.2, -0.15) is 0 Å². The van der Waals surface area contributed by atoms with Crippen molar-refractivity contribution < 1.29 is 18.3 Å². The van der Waals surface area contributed by atoms with Crippen LogP contribution in [0.5, 0.6) is 5.75 Å². The molecule has 0 spiro atoms. The minimum atomic E-state index is -0.587. The molecule has 1 aliphatic rings. The summed E-state index contributed by atoms with van der Waals surface area (Å²) in [7, 11) is 0. The molecule has 5 nitrogen and oxygen atoms in total. The van der Waals surface area contributed by atoms with E-state index < -0.39 is 11.7 Å². The summed E-state index contributed by atoms with van der Waals surface area (Å²) in [5.74, 6) is -1.20. The van der Waals surface area contributed by atoms with E-state index in [1.165, 1.54) is 24.3 Å². The molecule has 1 amide bonds. The molecule has 146 valence electrons. The minimum absolute atomic E-state index is 0.0236. The van der Waals surface area contributed by atoms with Crippen molar-refractivity contribution in [2.75, 3.05) is 13.2 Å². The Hall–Kier alpha value is -2.93. The molecule has 0 aliphatic carbocycles. The predicted octanol–water partition coefficient (Wildman–Crippen LogP) is 3.07. The monoisotopic (exact) mass is 385 g/mol. The number of amides is 1. The second kappa shape index (κ2) is 7.59. The van der Waals surface area contributed by atoms with Crippen LogP contribution in [-0.2, 0) is 12.8 Å². The Morgan fingerprint density at radius 1 is 1.29 bits per heavy atom. The number of hydrogen-bond acceptors (Lipinski definition) is 3. The largest absolute Gasteiger partial charge is 0.489 e. The highest BCUT2D eigenvalue weighted by Crippen LogP contribution is 2.31. The number of primary amides is 1. The number of carbonyl (C=O) groups excluding carboxylic acids is 1. The Labute approximate surface area is 160 Å². The third-order valence-corrected chi connectivity index (χ3v) is 5.14. The predicted molar refractivity (Wildman–Crippen MR) is 102 cm³/mol. The van der Waals surface area contributed by atoms with Crippen molar-refractivity contribution in [3.05, 3.63) is 64.9 Å². The number of ether oxygens (including phenoxy) is 1. The summed E-state index contributed by atoms with van der Waals surface area (Å²) in [6.45, 7) is 1.07. The van der Waals surface area contributed by atoms with Gasteiger partial charge in [0.25, 0.3) is 0 Å². The fourth-order valence-electron chi connectivity index (χ4n) is 3.76. The molecule has 1 unspecified atom stereocenters. The lowest BCUT2D eigenvalue weighted by atomic mass is 9.96. The van der Waals surface area contributed by atoms with Crippen molar-refractivity contribution >= 4 is 16.8 Å². The number of aryl methyl sites for hydroxylation is 1. The lowest BCUT2D eigenvalue weighted by Gasteiger charge is -2.27. The second-order valence-electron chi connectivity index (χ2n) is 7.04. The maximum absolute atomic E-state index is 13.9. The molecule has 1 aromatic heterocycles. The number of rotatable bonds is 6. The summed E-state index contributed by atoms with van der Waals surface area (Å²) in [4.78, 5) is 14.7. The molecule has 1 atom stereocenters. The van der Waals surface area contributed by atoms with Gasteiger partial charge in [0.05, 0.1) is 0 Å². The average molecular weight is 385 g/mol. The first-order valence-corrected chi connectivity index (χ1v) is 9.26. The number of fused-ring (bicyclic) bond motifs is 2. The van der Waals surface area contributed by atoms with E-state index in [0.717, 1.165) is 35.9 Å². The Balaban J connectivity index is 1.35. The van der Waals surface area contributed by atoms with Gasteiger partial charge in [0.1, 0.15) is 12.4 Å². The minimum Gasteiger partial charge on any atom is -0.489 e. The Kier molecular flexibility index (Phi) is 5.00. The maximum atomic E-state index is 13.9. The van der Waals surface area contributed by atoms with Crippen LogP contribution >= 0.6 is 0 Å². The van der Waals surface area contributed by atoms with Crippen LogP contribution in [0.25, 0.3) is 10.9 Å². The van der Waals surface area contributed by atoms with E-state index in [9.17, 15) is 13.6 Å². The number of aromatic nitrogens is 1. The zero-order chi connectivity index (χ0) is 19.7. The van der Waals surface area contributed by atoms with E-state index in [-0.39, 0.29) is 17.6 Å². The van der Waals surface area contributed by atoms with Crippen LogP contribution in [0.1, 0.15) is 27.9 Å². The van der Waals surface area contributed by atoms with Crippen LogP contribution in [0.4, 0.5) is 8.78 Å². The van der Waals surface area contributed by atoms with Crippen molar-refractivity contribution in [1.29, 1.82) is 0 Å². The van der Waals surface area contributed by atoms with Gasteiger partial charge in [-0.05, 0) is 61.7 Å². The average Bonchev–Trinajstić information content (AvgIpc) is 3.07. The Morgan fingerprint density at radius 2 is 2.14 bits per heavy atom. The van der Waals surface area contributed by atoms with E-state index in [2.05, 4.69) is 10.3 Å². The molecule has 0 bridgehead atoms. The smallest absolute Gasteiger partial charge is 0.249 e. The van der Waals surface area contributed by atoms with Crippen molar-refractivity contribution in [1.82, 2.24) is 10.3 Å². The zero-order valence-corrected chi connectivity index (χ0v) is 15.2. The van der Waals surface area contributed by atoms with Crippen molar-refractivity contribution in [3.8, 4) is 5.75 Å². The molecule has 2 aromatic carbocycles. The molecule has 4 N–H and O–H groups in total. The van der Waals surface area contributed by atoms with E-state index >= 15 is 0 Å². The van der Waals surface area contributed by atoms with E-state index in [1.807, 2.05) is 6.20 Å². The standard InChI is InChI=1S/C21H21F2N3O2/c22-13-3-4-15-12(10-26-19(15)8-13)2-1-7-25-14-9-17-16(21(24)27)5-6-18(23)20(17)28-11-14/h3-6,8,10,14,25-26H,1-2,7,9,11H2,(H2,24,27). The lowest BCUT2D eigenvalue weighted by molar-refractivity contribution is 0.0997. The highest BCUT2D eigenvalue weighted by Gasteiger charge is 2.26. The molecule has 28 heavy (non-hydrogen) atoms. The van der Waals surface area contributed by atoms with Crippen LogP contribution in [0, 0.1) is 11.6 Å². The van der Waals surface area contributed by atoms with Gasteiger partial charge in [-0.15, -0.1) is 0 Å². The van der Waals surface area contributed by atoms with Gasteiger partial charge in [-0.3, -0.25) is 4.79 Å². The van der Waals surface area contributed by atoms with Crippen LogP contribution in [0.2, 0.25) is 0 Å². The number of halogens is 2. The lowest BCUT2D eigenvalue weighted by Crippen LogP contribution is -2.40. The second-order valence-corrected chi connectivity index (χ2v) is 7.04. The summed E-state index contributed by atoms with van der Waals surface area (Å²) in [6, 6.07) is 7.33. The normalized spacial score (nSPS) is 16.0. The zero-order valence-electron chi connectivity index (χ0n) is 15.2. The topological polar surface area (TPSA) is 80.1 Å². The fourth-order valence-corrected chi connectivity index (χ4v) is 3.76. The summed E-state index contributed by atoms with van der Waals surface area (Å²) in [6.07, 6.45) is 4.10. The number of benzene rings is 2. The van der Waals surface area contributed by atoms with Crippen LogP contribution in [-0.4, -0.2) is 30.1 Å². The molecular formula is C21H21F2N3O2. The fraction of sp³-hybridized carbons (Fsp3) is 0.286. The molecule has 7 heteroatoms. The molecule has 0 radical (unpaired) electrons. The third-order valence-electron chi connectivity index (χ3n) is 5.14. The van der Waals surface area contributed by atoms with E-state index in [1.54, 1.807) is 6.07 Å². The van der Waals surface area contributed by atoms with Gasteiger partial charge in [-0.1, -0.05) is 0 Å². The number of hydrogen-bond donors (Lipinski definition) is 3. The summed E-state index contributed by atoms with van der Waals surface area (Å²) in [5.41, 5.74) is 8.16. The van der Waals surface area contributed by atoms with Crippen LogP contribution in [0.15, 0.2) is 36.5 Å². The number of nitrogens with one attached hydrogen (secondary N) is 2. The SMILES string of the molecule is NC(=O)c1ccc(F)c2c1CC(NCCCc1c[nH]c3cc(F)ccc13)CO2. The Bertz CT molecular complexity index is 1030. The molecular weight excluding hydrogens is 364 g/mol. The van der Waals surface area contributed by atoms with Gasteiger partial charge in [0, 0.05) is 34.3 Å². The van der Waals surface area contributed by atoms with Gasteiger partial charge in [-0.25, -0.2) is 8.78 Å². The number of H-pyrrole nitrogens is 1. The number of nitrogens with two attached hydrogens (primary N) is 1. The van der Waals surface area contributed by atoms with Crippen molar-refractivity contribution in [2.45, 2.75) is 25.3 Å². The molecule has 4 rings (SSSR count). The van der Waals surface area contributed by atoms with Gasteiger partial charge >= 0.3 is 0 Å². The maximum Gasteiger partial charge on any atom is 0.249 e. The van der Waals surface area contributed by atoms with Crippen molar-refractivity contribution in [3.63, 3.8) is 0 Å². The summed E-state index contributed by atoms with van der Waals surface area (Å²) in [5, 5.41) is 4.42. The van der Waals surface area contributed by atoms with Crippen molar-refractivity contribution in [2.24, 2.45) is 5.73 Å². The molecule has 0 saturated carbocycles. The van der Waals surface area contributed by atoms with Gasteiger partial charge in [0.15, 0.2) is 11.6 Å². The highest BCUT2D eigenvalue weighted by molar-refractivity contribution is 5.95. The van der Waals surface area contributed by atoms with Gasteiger partial charge in [0.2, 0.25) is 5.91 Å². The number of aromatic amines is 1. The molecule has 1 aliphatic heterocycles. The van der Waals surface area contributed by atoms with E-state index in [4.69, 9.17) is 10.5 Å².